The predicted molar refractivity (Wildman–Crippen MR) is 180 cm³/mol. The van der Waals surface area contributed by atoms with Crippen molar-refractivity contribution in [1.82, 2.24) is 5.32 Å². The summed E-state index contributed by atoms with van der Waals surface area (Å²) in [6.45, 7) is 2.54. The Morgan fingerprint density at radius 3 is 1.43 bits per heavy atom. The van der Waals surface area contributed by atoms with Gasteiger partial charge in [0.1, 0.15) is 12.7 Å². The van der Waals surface area contributed by atoms with Gasteiger partial charge < -0.3 is 25.2 Å². The second-order valence-corrected chi connectivity index (χ2v) is 13.9. The molecule has 0 spiro atoms. The summed E-state index contributed by atoms with van der Waals surface area (Å²) in [5, 5.41) is 21.6. The number of ether oxygens (including phenoxy) is 1. The Bertz CT molecular complexity index is 813. The molecule has 0 bridgehead atoms. The van der Waals surface area contributed by atoms with Gasteiger partial charge in [-0.1, -0.05) is 142 Å². The van der Waals surface area contributed by atoms with E-state index in [2.05, 4.69) is 19.2 Å². The van der Waals surface area contributed by atoms with Crippen LogP contribution >= 0.6 is 7.82 Å². The van der Waals surface area contributed by atoms with Gasteiger partial charge in [-0.3, -0.25) is 18.6 Å². The van der Waals surface area contributed by atoms with Crippen LogP contribution in [0.15, 0.2) is 0 Å². The lowest BCUT2D eigenvalue weighted by Crippen LogP contribution is -2.43. The largest absolute Gasteiger partial charge is 0.480 e. The van der Waals surface area contributed by atoms with E-state index in [9.17, 15) is 34.1 Å². The Balaban J connectivity index is 3.95. The zero-order chi connectivity index (χ0) is 34.3. The number of phosphoric ester groups is 1. The number of aliphatic hydroxyl groups is 1. The monoisotopic (exact) mass is 679 g/mol. The molecule has 0 aromatic rings. The molecule has 0 radical (unpaired) electrons. The molecule has 0 aliphatic heterocycles. The third-order valence-electron chi connectivity index (χ3n) is 7.90. The van der Waals surface area contributed by atoms with Gasteiger partial charge in [-0.15, -0.1) is 0 Å². The number of carboxylic acid groups (broad SMARTS) is 1. The van der Waals surface area contributed by atoms with E-state index in [-0.39, 0.29) is 12.8 Å². The molecule has 0 aliphatic carbocycles. The molecule has 46 heavy (non-hydrogen) atoms. The van der Waals surface area contributed by atoms with E-state index in [0.29, 0.717) is 12.8 Å². The molecule has 0 aromatic carbocycles. The van der Waals surface area contributed by atoms with Crippen LogP contribution < -0.4 is 5.32 Å². The maximum Gasteiger partial charge on any atom is 0.472 e. The number of hydrogen-bond donors (Lipinski definition) is 4. The molecule has 3 atom stereocenters. The normalized spacial score (nSPS) is 14.0. The van der Waals surface area contributed by atoms with Gasteiger partial charge >= 0.3 is 19.8 Å². The summed E-state index contributed by atoms with van der Waals surface area (Å²) in [4.78, 5) is 45.5. The number of esters is 1. The van der Waals surface area contributed by atoms with Crippen molar-refractivity contribution >= 4 is 25.7 Å². The fraction of sp³-hybridized carbons (Fsp3) is 0.912. The molecule has 0 saturated heterocycles. The van der Waals surface area contributed by atoms with Crippen LogP contribution in [0.1, 0.15) is 168 Å². The number of hydrogen-bond acceptors (Lipinski definition) is 8. The summed E-state index contributed by atoms with van der Waals surface area (Å²) in [5.41, 5.74) is 0. The van der Waals surface area contributed by atoms with Gasteiger partial charge in [0.2, 0.25) is 5.91 Å². The van der Waals surface area contributed by atoms with Crippen molar-refractivity contribution < 1.29 is 47.8 Å². The number of rotatable bonds is 34. The molecule has 3 unspecified atom stereocenters. The molecule has 0 fully saturated rings. The second kappa shape index (κ2) is 30.8. The number of phosphoric acid groups is 1. The van der Waals surface area contributed by atoms with Gasteiger partial charge in [-0.25, -0.2) is 9.36 Å². The highest BCUT2D eigenvalue weighted by Crippen LogP contribution is 2.43. The van der Waals surface area contributed by atoms with Crippen molar-refractivity contribution in [3.8, 4) is 0 Å². The van der Waals surface area contributed by atoms with Crippen LogP contribution in [-0.4, -0.2) is 64.9 Å². The molecular formula is C34H66NO10P. The Hall–Kier alpha value is -1.52. The van der Waals surface area contributed by atoms with Crippen LogP contribution in [0.3, 0.4) is 0 Å². The number of unbranched alkanes of at least 4 members (excludes halogenated alkanes) is 20. The highest BCUT2D eigenvalue weighted by atomic mass is 31.2. The quantitative estimate of drug-likeness (QED) is 0.0297. The van der Waals surface area contributed by atoms with E-state index in [0.717, 1.165) is 38.5 Å². The number of carbonyl (C=O) groups excluding carboxylic acids is 2. The molecule has 0 heterocycles. The fourth-order valence-corrected chi connectivity index (χ4v) is 5.79. The number of carbonyl (C=O) groups is 3. The lowest BCUT2D eigenvalue weighted by molar-refractivity contribution is -0.147. The second-order valence-electron chi connectivity index (χ2n) is 12.4. The van der Waals surface area contributed by atoms with Gasteiger partial charge in [-0.05, 0) is 12.8 Å². The summed E-state index contributed by atoms with van der Waals surface area (Å²) in [5.74, 6) is -2.37. The first-order chi connectivity index (χ1) is 22.1. The van der Waals surface area contributed by atoms with Gasteiger partial charge in [-0.2, -0.15) is 0 Å². The molecule has 0 saturated carbocycles. The maximum atomic E-state index is 12.2. The van der Waals surface area contributed by atoms with Crippen molar-refractivity contribution in [2.45, 2.75) is 180 Å². The number of carboxylic acids is 1. The van der Waals surface area contributed by atoms with Crippen LogP contribution in [0.5, 0.6) is 0 Å². The fourth-order valence-electron chi connectivity index (χ4n) is 5.02. The highest BCUT2D eigenvalue weighted by Gasteiger charge is 2.28. The first-order valence-electron chi connectivity index (χ1n) is 18.1. The van der Waals surface area contributed by atoms with E-state index in [1.54, 1.807) is 0 Å². The molecule has 272 valence electrons. The first kappa shape index (κ1) is 44.5. The Morgan fingerprint density at radius 1 is 0.609 bits per heavy atom. The third-order valence-corrected chi connectivity index (χ3v) is 8.85. The van der Waals surface area contributed by atoms with Crippen molar-refractivity contribution in [2.24, 2.45) is 0 Å². The third kappa shape index (κ3) is 29.9. The van der Waals surface area contributed by atoms with Gasteiger partial charge in [0.15, 0.2) is 6.04 Å². The average molecular weight is 680 g/mol. The molecule has 4 N–H and O–H groups in total. The lowest BCUT2D eigenvalue weighted by Gasteiger charge is -2.18. The van der Waals surface area contributed by atoms with Gasteiger partial charge in [0.25, 0.3) is 0 Å². The summed E-state index contributed by atoms with van der Waals surface area (Å²) in [7, 11) is -4.73. The Morgan fingerprint density at radius 2 is 1.00 bits per heavy atom. The van der Waals surface area contributed by atoms with Crippen LogP contribution in [0.4, 0.5) is 0 Å². The maximum absolute atomic E-state index is 12.2. The molecule has 1 amide bonds. The SMILES string of the molecule is CCCCCCCCCCCCCCCC(=O)OCC(O)COP(=O)(O)OCC(NC(=O)CCCCCCCCCCC)C(=O)O. The van der Waals surface area contributed by atoms with Crippen LogP contribution in [-0.2, 0) is 32.7 Å². The zero-order valence-electron chi connectivity index (χ0n) is 28.9. The Labute approximate surface area is 278 Å². The summed E-state index contributed by atoms with van der Waals surface area (Å²) >= 11 is 0. The molecule has 12 heteroatoms. The van der Waals surface area contributed by atoms with Crippen molar-refractivity contribution in [1.29, 1.82) is 0 Å². The summed E-state index contributed by atoms with van der Waals surface area (Å²) < 4.78 is 26.6. The van der Waals surface area contributed by atoms with Crippen LogP contribution in [0.2, 0.25) is 0 Å². The smallest absolute Gasteiger partial charge is 0.472 e. The van der Waals surface area contributed by atoms with Crippen molar-refractivity contribution in [3.05, 3.63) is 0 Å². The predicted octanol–water partition coefficient (Wildman–Crippen LogP) is 8.00. The standard InChI is InChI=1S/C34H66NO10P/c1-3-5-7-9-11-13-14-15-16-18-20-22-24-26-33(38)43-27-30(36)28-44-46(41,42)45-29-31(34(39)40)35-32(37)25-23-21-19-17-12-10-8-6-4-2/h30-31,36H,3-29H2,1-2H3,(H,35,37)(H,39,40)(H,41,42). The number of aliphatic carboxylic acids is 1. The molecule has 11 nitrogen and oxygen atoms in total. The zero-order valence-corrected chi connectivity index (χ0v) is 29.8. The first-order valence-corrected chi connectivity index (χ1v) is 19.6. The van der Waals surface area contributed by atoms with E-state index < -0.39 is 57.6 Å². The number of amides is 1. The average Bonchev–Trinajstić information content (AvgIpc) is 3.02. The van der Waals surface area contributed by atoms with Gasteiger partial charge in [0.05, 0.1) is 13.2 Å². The molecule has 0 aromatic heterocycles. The topological polar surface area (TPSA) is 169 Å². The van der Waals surface area contributed by atoms with Crippen molar-refractivity contribution in [2.75, 3.05) is 19.8 Å². The minimum absolute atomic E-state index is 0.150. The lowest BCUT2D eigenvalue weighted by atomic mass is 10.0. The molecule has 0 aliphatic rings. The molecular weight excluding hydrogens is 613 g/mol. The summed E-state index contributed by atoms with van der Waals surface area (Å²) in [6.07, 6.45) is 24.3. The van der Waals surface area contributed by atoms with Crippen LogP contribution in [0, 0.1) is 0 Å². The minimum Gasteiger partial charge on any atom is -0.480 e. The number of aliphatic hydroxyl groups excluding tert-OH is 1. The number of nitrogens with one attached hydrogen (secondary N) is 1. The van der Waals surface area contributed by atoms with E-state index in [4.69, 9.17) is 13.8 Å². The summed E-state index contributed by atoms with van der Waals surface area (Å²) in [6, 6.07) is -1.54. The van der Waals surface area contributed by atoms with Gasteiger partial charge in [0, 0.05) is 12.8 Å². The van der Waals surface area contributed by atoms with E-state index in [1.165, 1.54) is 89.9 Å². The minimum atomic E-state index is -4.73. The highest BCUT2D eigenvalue weighted by molar-refractivity contribution is 7.47. The van der Waals surface area contributed by atoms with Crippen LogP contribution in [0.25, 0.3) is 0 Å². The van der Waals surface area contributed by atoms with Crippen molar-refractivity contribution in [3.63, 3.8) is 0 Å². The molecule has 0 rings (SSSR count). The van der Waals surface area contributed by atoms with E-state index in [1.807, 2.05) is 0 Å². The van der Waals surface area contributed by atoms with E-state index >= 15 is 0 Å². The Kier molecular flexibility index (Phi) is 29.8.